The van der Waals surface area contributed by atoms with Crippen LogP contribution < -0.4 is 0 Å². The normalized spacial score (nSPS) is 11.1. The smallest absolute Gasteiger partial charge is 0.0704 e. The van der Waals surface area contributed by atoms with E-state index in [1.807, 2.05) is 24.4 Å². The van der Waals surface area contributed by atoms with Crippen LogP contribution in [-0.4, -0.2) is 4.98 Å². The van der Waals surface area contributed by atoms with E-state index in [1.165, 1.54) is 5.56 Å². The molecule has 1 nitrogen and oxygen atoms in total. The molecule has 0 unspecified atom stereocenters. The predicted octanol–water partition coefficient (Wildman–Crippen LogP) is 5.69. The molecule has 0 N–H and O–H groups in total. The first kappa shape index (κ1) is 16.0. The first-order valence-electron chi connectivity index (χ1n) is 8.12. The first-order chi connectivity index (χ1) is 11.5. The van der Waals surface area contributed by atoms with Gasteiger partial charge in [-0.15, -0.1) is 6.42 Å². The molecule has 0 radical (unpaired) electrons. The summed E-state index contributed by atoms with van der Waals surface area (Å²) in [4.78, 5) is 4.53. The lowest BCUT2D eigenvalue weighted by Crippen LogP contribution is -2.11. The van der Waals surface area contributed by atoms with E-state index in [2.05, 4.69) is 74.1 Å². The fourth-order valence-corrected chi connectivity index (χ4v) is 2.74. The summed E-state index contributed by atoms with van der Waals surface area (Å²) in [6.07, 6.45) is 7.49. The van der Waals surface area contributed by atoms with Crippen LogP contribution in [0.5, 0.6) is 0 Å². The SMILES string of the molecule is C#Cc1ccccc1-c1ccc(-c2cc(C(C)(C)C)ccn2)cc1. The number of terminal acetylenes is 1. The molecule has 0 atom stereocenters. The van der Waals surface area contributed by atoms with E-state index in [1.54, 1.807) is 0 Å². The van der Waals surface area contributed by atoms with Crippen LogP contribution in [0.3, 0.4) is 0 Å². The molecule has 1 aromatic heterocycles. The van der Waals surface area contributed by atoms with E-state index in [0.29, 0.717) is 0 Å². The average Bonchev–Trinajstić information content (AvgIpc) is 2.61. The minimum atomic E-state index is 0.114. The Morgan fingerprint density at radius 1 is 0.875 bits per heavy atom. The maximum absolute atomic E-state index is 5.61. The Kier molecular flexibility index (Phi) is 4.23. The lowest BCUT2D eigenvalue weighted by atomic mass is 9.87. The van der Waals surface area contributed by atoms with Gasteiger partial charge in [-0.25, -0.2) is 0 Å². The lowest BCUT2D eigenvalue weighted by Gasteiger charge is -2.19. The zero-order valence-corrected chi connectivity index (χ0v) is 14.4. The van der Waals surface area contributed by atoms with Crippen molar-refractivity contribution in [3.05, 3.63) is 78.0 Å². The average molecular weight is 311 g/mol. The maximum atomic E-state index is 5.61. The largest absolute Gasteiger partial charge is 0.256 e. The Morgan fingerprint density at radius 3 is 2.21 bits per heavy atom. The van der Waals surface area contributed by atoms with Gasteiger partial charge in [0.25, 0.3) is 0 Å². The Balaban J connectivity index is 1.98. The van der Waals surface area contributed by atoms with Gasteiger partial charge in [0.15, 0.2) is 0 Å². The molecule has 0 saturated carbocycles. The molecule has 118 valence electrons. The van der Waals surface area contributed by atoms with Gasteiger partial charge in [0.1, 0.15) is 0 Å². The molecule has 0 fully saturated rings. The molecule has 0 saturated heterocycles. The van der Waals surface area contributed by atoms with Crippen molar-refractivity contribution in [3.8, 4) is 34.7 Å². The second kappa shape index (κ2) is 6.34. The van der Waals surface area contributed by atoms with Crippen LogP contribution in [0.2, 0.25) is 0 Å². The molecule has 1 heterocycles. The van der Waals surface area contributed by atoms with Crippen molar-refractivity contribution in [1.82, 2.24) is 4.98 Å². The van der Waals surface area contributed by atoms with Crippen molar-refractivity contribution in [2.45, 2.75) is 26.2 Å². The van der Waals surface area contributed by atoms with Crippen LogP contribution in [0.1, 0.15) is 31.9 Å². The van der Waals surface area contributed by atoms with Crippen molar-refractivity contribution >= 4 is 0 Å². The van der Waals surface area contributed by atoms with Gasteiger partial charge in [0, 0.05) is 17.3 Å². The van der Waals surface area contributed by atoms with Crippen LogP contribution >= 0.6 is 0 Å². The second-order valence-electron chi connectivity index (χ2n) is 6.95. The van der Waals surface area contributed by atoms with Gasteiger partial charge >= 0.3 is 0 Å². The molecule has 0 spiro atoms. The third kappa shape index (κ3) is 3.24. The second-order valence-corrected chi connectivity index (χ2v) is 6.95. The molecule has 0 aliphatic carbocycles. The highest BCUT2D eigenvalue weighted by Crippen LogP contribution is 2.28. The number of pyridine rings is 1. The predicted molar refractivity (Wildman–Crippen MR) is 102 cm³/mol. The highest BCUT2D eigenvalue weighted by Gasteiger charge is 2.14. The molecule has 3 aromatic rings. The van der Waals surface area contributed by atoms with Crippen molar-refractivity contribution in [2.75, 3.05) is 0 Å². The summed E-state index contributed by atoms with van der Waals surface area (Å²) in [5.41, 5.74) is 6.64. The van der Waals surface area contributed by atoms with Gasteiger partial charge in [-0.1, -0.05) is 69.2 Å². The molecule has 2 aromatic carbocycles. The van der Waals surface area contributed by atoms with E-state index in [4.69, 9.17) is 6.42 Å². The van der Waals surface area contributed by atoms with E-state index < -0.39 is 0 Å². The van der Waals surface area contributed by atoms with Crippen molar-refractivity contribution in [1.29, 1.82) is 0 Å². The fraction of sp³-hybridized carbons (Fsp3) is 0.174. The van der Waals surface area contributed by atoms with Crippen LogP contribution in [-0.2, 0) is 5.41 Å². The summed E-state index contributed by atoms with van der Waals surface area (Å²) >= 11 is 0. The molecular formula is C23H21N. The van der Waals surface area contributed by atoms with Crippen molar-refractivity contribution in [3.63, 3.8) is 0 Å². The van der Waals surface area contributed by atoms with Crippen molar-refractivity contribution < 1.29 is 0 Å². The van der Waals surface area contributed by atoms with E-state index >= 15 is 0 Å². The van der Waals surface area contributed by atoms with Crippen LogP contribution in [0.4, 0.5) is 0 Å². The third-order valence-electron chi connectivity index (χ3n) is 4.20. The summed E-state index contributed by atoms with van der Waals surface area (Å²) in [6, 6.07) is 20.7. The number of rotatable bonds is 2. The molecule has 1 heteroatoms. The monoisotopic (exact) mass is 311 g/mol. The van der Waals surface area contributed by atoms with E-state index in [0.717, 1.165) is 27.9 Å². The Morgan fingerprint density at radius 2 is 1.54 bits per heavy atom. The number of nitrogens with zero attached hydrogens (tertiary/aromatic N) is 1. The maximum Gasteiger partial charge on any atom is 0.0704 e. The highest BCUT2D eigenvalue weighted by atomic mass is 14.7. The zero-order valence-electron chi connectivity index (χ0n) is 14.4. The molecule has 0 aliphatic heterocycles. The van der Waals surface area contributed by atoms with Gasteiger partial charge in [0.2, 0.25) is 0 Å². The quantitative estimate of drug-likeness (QED) is 0.554. The highest BCUT2D eigenvalue weighted by molar-refractivity contribution is 5.73. The van der Waals surface area contributed by atoms with Gasteiger partial charge in [-0.2, -0.15) is 0 Å². The zero-order chi connectivity index (χ0) is 17.2. The van der Waals surface area contributed by atoms with Crippen LogP contribution in [0.15, 0.2) is 66.9 Å². The van der Waals surface area contributed by atoms with E-state index in [9.17, 15) is 0 Å². The lowest BCUT2D eigenvalue weighted by molar-refractivity contribution is 0.589. The molecule has 24 heavy (non-hydrogen) atoms. The first-order valence-corrected chi connectivity index (χ1v) is 8.12. The van der Waals surface area contributed by atoms with Gasteiger partial charge in [-0.05, 0) is 40.3 Å². The topological polar surface area (TPSA) is 12.9 Å². The Bertz CT molecular complexity index is 890. The van der Waals surface area contributed by atoms with E-state index in [-0.39, 0.29) is 5.41 Å². The standard InChI is InChI=1S/C23H21N/c1-5-17-8-6-7-9-21(17)18-10-12-19(13-11-18)22-16-20(14-15-24-22)23(2,3)4/h1,6-16H,2-4H3. The van der Waals surface area contributed by atoms with Gasteiger partial charge < -0.3 is 0 Å². The fourth-order valence-electron chi connectivity index (χ4n) is 2.74. The minimum Gasteiger partial charge on any atom is -0.256 e. The molecule has 0 bridgehead atoms. The number of hydrogen-bond donors (Lipinski definition) is 0. The molecule has 0 amide bonds. The number of benzene rings is 2. The van der Waals surface area contributed by atoms with Crippen LogP contribution in [0.25, 0.3) is 22.4 Å². The number of hydrogen-bond acceptors (Lipinski definition) is 1. The Labute approximate surface area is 144 Å². The van der Waals surface area contributed by atoms with Gasteiger partial charge in [-0.3, -0.25) is 4.98 Å². The Hall–Kier alpha value is -2.85. The minimum absolute atomic E-state index is 0.114. The molecular weight excluding hydrogens is 290 g/mol. The van der Waals surface area contributed by atoms with Gasteiger partial charge in [0.05, 0.1) is 5.69 Å². The van der Waals surface area contributed by atoms with Crippen molar-refractivity contribution in [2.24, 2.45) is 0 Å². The summed E-state index contributed by atoms with van der Waals surface area (Å²) in [7, 11) is 0. The molecule has 0 aliphatic rings. The molecule has 3 rings (SSSR count). The summed E-state index contributed by atoms with van der Waals surface area (Å²) in [5.74, 6) is 2.75. The third-order valence-corrected chi connectivity index (χ3v) is 4.20. The summed E-state index contributed by atoms with van der Waals surface area (Å²) < 4.78 is 0. The van der Waals surface area contributed by atoms with Crippen LogP contribution in [0, 0.1) is 12.3 Å². The summed E-state index contributed by atoms with van der Waals surface area (Å²) in [5, 5.41) is 0. The summed E-state index contributed by atoms with van der Waals surface area (Å²) in [6.45, 7) is 6.64. The number of aromatic nitrogens is 1.